The Morgan fingerprint density at radius 2 is 0.367 bits per heavy atom. The lowest BCUT2D eigenvalue weighted by Crippen LogP contribution is -2.15. The highest BCUT2D eigenvalue weighted by atomic mass is 14.4. The average Bonchev–Trinajstić information content (AvgIpc) is 1.59. The Labute approximate surface area is 748 Å². The first-order valence-electron chi connectivity index (χ1n) is 45.5. The summed E-state index contributed by atoms with van der Waals surface area (Å²) in [6.07, 6.45) is 0. The zero-order chi connectivity index (χ0) is 85.8. The summed E-state index contributed by atoms with van der Waals surface area (Å²) in [6, 6.07) is 156. The van der Waals surface area contributed by atoms with Crippen molar-refractivity contribution in [2.75, 3.05) is 0 Å². The van der Waals surface area contributed by atoms with Gasteiger partial charge in [-0.3, -0.25) is 0 Å². The van der Waals surface area contributed by atoms with Gasteiger partial charge in [-0.2, -0.15) is 0 Å². The van der Waals surface area contributed by atoms with Crippen LogP contribution in [0.1, 0.15) is 99.9 Å². The molecule has 0 amide bonds. The van der Waals surface area contributed by atoms with Crippen molar-refractivity contribution in [3.05, 3.63) is 457 Å². The summed E-state index contributed by atoms with van der Waals surface area (Å²) in [7, 11) is 0. The predicted molar refractivity (Wildman–Crippen MR) is 547 cm³/mol. The zero-order valence-corrected chi connectivity index (χ0v) is 73.3. The molecule has 128 heavy (non-hydrogen) atoms. The molecule has 22 aromatic carbocycles. The summed E-state index contributed by atoms with van der Waals surface area (Å²) >= 11 is 0. The Bertz CT molecular complexity index is 8550. The summed E-state index contributed by atoms with van der Waals surface area (Å²) in [6.45, 7) is 19.1. The van der Waals surface area contributed by atoms with Gasteiger partial charge in [-0.25, -0.2) is 0 Å². The van der Waals surface area contributed by atoms with Crippen LogP contribution in [0.25, 0.3) is 220 Å². The molecule has 22 aromatic rings. The van der Waals surface area contributed by atoms with Crippen LogP contribution in [-0.2, 0) is 21.7 Å². The molecule has 0 N–H and O–H groups in total. The van der Waals surface area contributed by atoms with Gasteiger partial charge in [0.05, 0.1) is 0 Å². The minimum Gasteiger partial charge on any atom is -0.0619 e. The van der Waals surface area contributed by atoms with E-state index in [0.29, 0.717) is 0 Å². The van der Waals surface area contributed by atoms with Crippen molar-refractivity contribution in [2.45, 2.75) is 77.0 Å². The quantitative estimate of drug-likeness (QED) is 0.105. The van der Waals surface area contributed by atoms with Crippen LogP contribution < -0.4 is 0 Å². The average molecular weight is 1630 g/mol. The molecule has 604 valence electrons. The molecule has 0 spiro atoms. The molecule has 0 atom stereocenters. The summed E-state index contributed by atoms with van der Waals surface area (Å²) in [5, 5.41) is 20.3. The third-order valence-corrected chi connectivity index (χ3v) is 30.1. The van der Waals surface area contributed by atoms with Gasteiger partial charge in [-0.15, -0.1) is 0 Å². The van der Waals surface area contributed by atoms with Crippen LogP contribution in [-0.4, -0.2) is 0 Å². The van der Waals surface area contributed by atoms with Crippen molar-refractivity contribution in [3.8, 4) is 134 Å². The molecular weight excluding hydrogens is 1540 g/mol. The van der Waals surface area contributed by atoms with Gasteiger partial charge in [0.25, 0.3) is 0 Å². The SMILES string of the molecule is CC1(C)c2ccccc2-c2ccc(-c3c4ccccc4c(-c4cccc(-c5cc6ccccc6c6ccccc56)c4)c4ccc(-c5cccc6ccccc56)cc34)cc21.CC1(C)c2ccccc2-c2ccc(-c3ccc4c(c3)C(C)(C)c3cc(-c5c6ccccc6c(-c6ccc7c(c6)C(C)(C)c6ccccc6-7)c6cc(-c7cccc8ccccc78)ccc56)ccc3-4)cc21. The maximum atomic E-state index is 2.53. The Balaban J connectivity index is 0.000000141. The molecule has 4 aliphatic rings. The fourth-order valence-electron chi connectivity index (χ4n) is 23.7. The second kappa shape index (κ2) is 28.2. The maximum absolute atomic E-state index is 2.53. The minimum absolute atomic E-state index is 0.0424. The van der Waals surface area contributed by atoms with Crippen molar-refractivity contribution < 1.29 is 0 Å². The largest absolute Gasteiger partial charge is 0.0619 e. The highest BCUT2D eigenvalue weighted by Crippen LogP contribution is 2.58. The van der Waals surface area contributed by atoms with Gasteiger partial charge in [-0.05, 0) is 319 Å². The molecule has 0 saturated carbocycles. The number of rotatable bonds is 8. The van der Waals surface area contributed by atoms with E-state index in [4.69, 9.17) is 0 Å². The molecule has 0 aliphatic heterocycles. The Morgan fingerprint density at radius 3 is 0.781 bits per heavy atom. The standard InChI is InChI=1S/C69H52.C59H40/c1-67(2)59-24-13-11-19-49(59)51-31-26-42(37-61(51)67)43-27-32-53-54-34-29-45(39-64(54)69(5,6)62(53)38-43)65-55-21-9-10-22-56(55)66(46-30-33-52-50-20-12-14-25-60(50)68(3,4)63(52)40-46)58-36-44(28-35-57(58)65)48-23-15-17-41-16-7-8-18-47(41)48;1-59(2)55-28-12-11-24-48(55)49-31-30-42(36-56(49)59)58-51-26-10-9-25-50(51)57(52-32-29-40(35-54(52)58)44-27-14-17-37-15-3-5-20-43(37)44)41-19-13-18-38(33-41)53-34-39-16-4-6-21-45(39)46-22-7-8-23-47(46)53/h7-40H,1-6H3;3-36H,1-2H3. The van der Waals surface area contributed by atoms with E-state index in [9.17, 15) is 0 Å². The molecule has 0 heteroatoms. The van der Waals surface area contributed by atoms with Crippen molar-refractivity contribution in [3.63, 3.8) is 0 Å². The lowest BCUT2D eigenvalue weighted by atomic mass is 9.79. The Hall–Kier alpha value is -15.1. The van der Waals surface area contributed by atoms with E-state index >= 15 is 0 Å². The van der Waals surface area contributed by atoms with Crippen molar-refractivity contribution in [1.82, 2.24) is 0 Å². The van der Waals surface area contributed by atoms with Crippen LogP contribution in [0.4, 0.5) is 0 Å². The molecule has 4 aliphatic carbocycles. The van der Waals surface area contributed by atoms with Crippen LogP contribution in [0.2, 0.25) is 0 Å². The predicted octanol–water partition coefficient (Wildman–Crippen LogP) is 35.2. The molecule has 0 saturated heterocycles. The third kappa shape index (κ3) is 11.3. The second-order valence-electron chi connectivity index (χ2n) is 38.4. The highest BCUT2D eigenvalue weighted by molar-refractivity contribution is 6.25. The molecule has 0 nitrogen and oxygen atoms in total. The van der Waals surface area contributed by atoms with Gasteiger partial charge < -0.3 is 0 Å². The van der Waals surface area contributed by atoms with E-state index in [-0.39, 0.29) is 21.7 Å². The highest BCUT2D eigenvalue weighted by Gasteiger charge is 2.41. The molecule has 0 heterocycles. The topological polar surface area (TPSA) is 0 Å². The normalized spacial score (nSPS) is 14.2. The van der Waals surface area contributed by atoms with Gasteiger partial charge in [0, 0.05) is 21.7 Å². The molecule has 0 fully saturated rings. The van der Waals surface area contributed by atoms with E-state index in [2.05, 4.69) is 468 Å². The second-order valence-corrected chi connectivity index (χ2v) is 38.4. The molecular formula is C128H92. The molecule has 0 bridgehead atoms. The fourth-order valence-corrected chi connectivity index (χ4v) is 23.7. The van der Waals surface area contributed by atoms with Gasteiger partial charge in [0.2, 0.25) is 0 Å². The monoisotopic (exact) mass is 1630 g/mol. The number of fused-ring (bicyclic) bond motifs is 21. The Kier molecular flexibility index (Phi) is 16.6. The van der Waals surface area contributed by atoms with E-state index in [1.165, 1.54) is 264 Å². The van der Waals surface area contributed by atoms with Crippen LogP contribution in [0.3, 0.4) is 0 Å². The van der Waals surface area contributed by atoms with Crippen LogP contribution in [0, 0.1) is 0 Å². The summed E-state index contributed by atoms with van der Waals surface area (Å²) in [5.41, 5.74) is 41.6. The number of hydrogen-bond donors (Lipinski definition) is 0. The molecule has 0 unspecified atom stereocenters. The lowest BCUT2D eigenvalue weighted by molar-refractivity contribution is 0.659. The maximum Gasteiger partial charge on any atom is 0.0159 e. The van der Waals surface area contributed by atoms with E-state index in [0.717, 1.165) is 0 Å². The summed E-state index contributed by atoms with van der Waals surface area (Å²) in [5.74, 6) is 0. The van der Waals surface area contributed by atoms with E-state index in [1.807, 2.05) is 0 Å². The number of benzene rings is 22. The van der Waals surface area contributed by atoms with Crippen LogP contribution in [0.5, 0.6) is 0 Å². The van der Waals surface area contributed by atoms with Crippen molar-refractivity contribution in [2.24, 2.45) is 0 Å². The molecule has 0 radical (unpaired) electrons. The molecule has 26 rings (SSSR count). The van der Waals surface area contributed by atoms with Crippen molar-refractivity contribution >= 4 is 86.2 Å². The van der Waals surface area contributed by atoms with E-state index < -0.39 is 0 Å². The zero-order valence-electron chi connectivity index (χ0n) is 73.3. The first kappa shape index (κ1) is 75.4. The molecule has 0 aromatic heterocycles. The van der Waals surface area contributed by atoms with E-state index in [1.54, 1.807) is 0 Å². The summed E-state index contributed by atoms with van der Waals surface area (Å²) in [4.78, 5) is 0. The van der Waals surface area contributed by atoms with Crippen LogP contribution in [0.15, 0.2) is 413 Å². The summed E-state index contributed by atoms with van der Waals surface area (Å²) < 4.78 is 0. The van der Waals surface area contributed by atoms with Gasteiger partial charge in [0.1, 0.15) is 0 Å². The smallest absolute Gasteiger partial charge is 0.0159 e. The van der Waals surface area contributed by atoms with Gasteiger partial charge >= 0.3 is 0 Å². The Morgan fingerprint density at radius 1 is 0.117 bits per heavy atom. The first-order chi connectivity index (χ1) is 62.5. The first-order valence-corrected chi connectivity index (χ1v) is 45.5. The third-order valence-electron chi connectivity index (χ3n) is 30.1. The van der Waals surface area contributed by atoms with Crippen LogP contribution >= 0.6 is 0 Å². The van der Waals surface area contributed by atoms with Gasteiger partial charge in [-0.1, -0.05) is 413 Å². The van der Waals surface area contributed by atoms with Crippen molar-refractivity contribution in [1.29, 1.82) is 0 Å². The minimum atomic E-state index is -0.204. The lowest BCUT2D eigenvalue weighted by Gasteiger charge is -2.24. The van der Waals surface area contributed by atoms with Gasteiger partial charge in [0.15, 0.2) is 0 Å². The number of hydrogen-bond acceptors (Lipinski definition) is 0. The fraction of sp³-hybridized carbons (Fsp3) is 0.0938.